The maximum Gasteiger partial charge on any atom is 0.279 e. The van der Waals surface area contributed by atoms with Crippen molar-refractivity contribution in [3.8, 4) is 0 Å². The van der Waals surface area contributed by atoms with Gasteiger partial charge in [-0.15, -0.1) is 0 Å². The molecule has 0 unspecified atom stereocenters. The average molecular weight is 251 g/mol. The molecular weight excluding hydrogens is 231 g/mol. The Bertz CT molecular complexity index is 414. The van der Waals surface area contributed by atoms with Gasteiger partial charge in [0, 0.05) is 0 Å². The number of likely N-dealkylation sites (tertiary alicyclic amines) is 1. The number of rotatable bonds is 3. The van der Waals surface area contributed by atoms with Crippen LogP contribution in [0, 0.1) is 11.7 Å². The lowest BCUT2D eigenvalue weighted by Gasteiger charge is -2.26. The highest BCUT2D eigenvalue weighted by atomic mass is 19.1. The Hall–Kier alpha value is -1.42. The molecule has 0 saturated carbocycles. The molecule has 1 aliphatic rings. The van der Waals surface area contributed by atoms with Gasteiger partial charge in [0.15, 0.2) is 6.54 Å². The maximum atomic E-state index is 13.4. The van der Waals surface area contributed by atoms with Crippen molar-refractivity contribution >= 4 is 11.6 Å². The van der Waals surface area contributed by atoms with Gasteiger partial charge in [0.1, 0.15) is 5.82 Å². The van der Waals surface area contributed by atoms with Gasteiger partial charge in [-0.2, -0.15) is 0 Å². The summed E-state index contributed by atoms with van der Waals surface area (Å²) >= 11 is 0. The lowest BCUT2D eigenvalue weighted by molar-refractivity contribution is -0.897. The van der Waals surface area contributed by atoms with Crippen LogP contribution in [-0.2, 0) is 4.79 Å². The average Bonchev–Trinajstić information content (AvgIpc) is 2.35. The Morgan fingerprint density at radius 3 is 2.72 bits per heavy atom. The highest BCUT2D eigenvalue weighted by Gasteiger charge is 2.21. The molecule has 0 aliphatic carbocycles. The quantitative estimate of drug-likeness (QED) is 0.828. The number of quaternary nitrogens is 1. The molecule has 0 radical (unpaired) electrons. The third-order valence-corrected chi connectivity index (χ3v) is 3.54. The van der Waals surface area contributed by atoms with Gasteiger partial charge < -0.3 is 10.2 Å². The van der Waals surface area contributed by atoms with Crippen molar-refractivity contribution in [2.75, 3.05) is 25.0 Å². The number of hydrogen-bond donors (Lipinski definition) is 2. The SMILES string of the molecule is CC1CC[NH+](CC(=O)Nc2ccccc2F)CC1. The minimum atomic E-state index is -0.381. The molecule has 3 nitrogen and oxygen atoms in total. The number of carbonyl (C=O) groups excluding carboxylic acids is 1. The fourth-order valence-electron chi connectivity index (χ4n) is 2.33. The van der Waals surface area contributed by atoms with Gasteiger partial charge in [0.05, 0.1) is 18.8 Å². The summed E-state index contributed by atoms with van der Waals surface area (Å²) in [7, 11) is 0. The molecule has 1 amide bonds. The molecule has 0 bridgehead atoms. The molecule has 1 heterocycles. The molecule has 2 rings (SSSR count). The number of para-hydroxylation sites is 1. The number of nitrogens with one attached hydrogen (secondary N) is 2. The predicted molar refractivity (Wildman–Crippen MR) is 69.0 cm³/mol. The van der Waals surface area contributed by atoms with E-state index in [2.05, 4.69) is 12.2 Å². The van der Waals surface area contributed by atoms with E-state index in [1.807, 2.05) is 0 Å². The first-order valence-electron chi connectivity index (χ1n) is 6.53. The zero-order chi connectivity index (χ0) is 13.0. The van der Waals surface area contributed by atoms with Crippen molar-refractivity contribution in [3.05, 3.63) is 30.1 Å². The molecule has 98 valence electrons. The van der Waals surface area contributed by atoms with Gasteiger partial charge in [-0.1, -0.05) is 19.1 Å². The number of carbonyl (C=O) groups is 1. The van der Waals surface area contributed by atoms with Gasteiger partial charge in [0.2, 0.25) is 0 Å². The fourth-order valence-corrected chi connectivity index (χ4v) is 2.33. The number of halogens is 1. The van der Waals surface area contributed by atoms with E-state index < -0.39 is 0 Å². The second kappa shape index (κ2) is 5.96. The molecule has 1 aromatic rings. The molecule has 0 aromatic heterocycles. The van der Waals surface area contributed by atoms with Crippen molar-refractivity contribution in [2.45, 2.75) is 19.8 Å². The van der Waals surface area contributed by atoms with Crippen molar-refractivity contribution in [1.82, 2.24) is 0 Å². The Balaban J connectivity index is 1.84. The molecule has 1 fully saturated rings. The van der Waals surface area contributed by atoms with Gasteiger partial charge >= 0.3 is 0 Å². The topological polar surface area (TPSA) is 33.5 Å². The van der Waals surface area contributed by atoms with Crippen LogP contribution in [0.5, 0.6) is 0 Å². The highest BCUT2D eigenvalue weighted by molar-refractivity contribution is 5.91. The van der Waals surface area contributed by atoms with Gasteiger partial charge in [-0.05, 0) is 30.9 Å². The Labute approximate surface area is 107 Å². The number of amides is 1. The minimum absolute atomic E-state index is 0.107. The summed E-state index contributed by atoms with van der Waals surface area (Å²) in [6.45, 7) is 4.75. The van der Waals surface area contributed by atoms with Crippen molar-refractivity contribution in [3.63, 3.8) is 0 Å². The van der Waals surface area contributed by atoms with E-state index in [4.69, 9.17) is 0 Å². The molecule has 18 heavy (non-hydrogen) atoms. The van der Waals surface area contributed by atoms with Crippen LogP contribution in [0.2, 0.25) is 0 Å². The lowest BCUT2D eigenvalue weighted by Crippen LogP contribution is -3.14. The first-order valence-corrected chi connectivity index (χ1v) is 6.53. The van der Waals surface area contributed by atoms with E-state index in [9.17, 15) is 9.18 Å². The third-order valence-electron chi connectivity index (χ3n) is 3.54. The van der Waals surface area contributed by atoms with Crippen LogP contribution in [0.3, 0.4) is 0 Å². The van der Waals surface area contributed by atoms with E-state index in [1.54, 1.807) is 18.2 Å². The van der Waals surface area contributed by atoms with Gasteiger partial charge in [-0.25, -0.2) is 4.39 Å². The zero-order valence-electron chi connectivity index (χ0n) is 10.7. The van der Waals surface area contributed by atoms with Crippen molar-refractivity contribution in [1.29, 1.82) is 0 Å². The summed E-state index contributed by atoms with van der Waals surface area (Å²) in [5.74, 6) is 0.279. The maximum absolute atomic E-state index is 13.4. The zero-order valence-corrected chi connectivity index (χ0v) is 10.7. The second-order valence-electron chi connectivity index (χ2n) is 5.14. The van der Waals surface area contributed by atoms with E-state index in [0.29, 0.717) is 6.54 Å². The lowest BCUT2D eigenvalue weighted by atomic mass is 9.99. The molecule has 0 atom stereocenters. The smallest absolute Gasteiger partial charge is 0.279 e. The first kappa shape index (κ1) is 13.0. The Kier molecular flexibility index (Phi) is 4.31. The van der Waals surface area contributed by atoms with Crippen molar-refractivity contribution < 1.29 is 14.1 Å². The summed E-state index contributed by atoms with van der Waals surface area (Å²) < 4.78 is 13.4. The summed E-state index contributed by atoms with van der Waals surface area (Å²) in [6, 6.07) is 6.27. The molecule has 1 aromatic carbocycles. The highest BCUT2D eigenvalue weighted by Crippen LogP contribution is 2.11. The van der Waals surface area contributed by atoms with Crippen LogP contribution in [-0.4, -0.2) is 25.5 Å². The molecule has 2 N–H and O–H groups in total. The normalized spacial score (nSPS) is 23.7. The number of piperidine rings is 1. The monoisotopic (exact) mass is 251 g/mol. The van der Waals surface area contributed by atoms with Crippen LogP contribution >= 0.6 is 0 Å². The van der Waals surface area contributed by atoms with Crippen LogP contribution in [0.15, 0.2) is 24.3 Å². The van der Waals surface area contributed by atoms with Crippen LogP contribution in [0.25, 0.3) is 0 Å². The van der Waals surface area contributed by atoms with E-state index >= 15 is 0 Å². The van der Waals surface area contributed by atoms with Crippen molar-refractivity contribution in [2.24, 2.45) is 5.92 Å². The predicted octanol–water partition coefficient (Wildman–Crippen LogP) is 1.08. The molecule has 1 saturated heterocycles. The van der Waals surface area contributed by atoms with E-state index in [-0.39, 0.29) is 17.4 Å². The molecule has 0 spiro atoms. The minimum Gasteiger partial charge on any atom is -0.327 e. The Morgan fingerprint density at radius 2 is 2.06 bits per heavy atom. The van der Waals surface area contributed by atoms with Crippen LogP contribution in [0.1, 0.15) is 19.8 Å². The first-order chi connectivity index (χ1) is 8.65. The van der Waals surface area contributed by atoms with Gasteiger partial charge in [0.25, 0.3) is 5.91 Å². The number of benzene rings is 1. The van der Waals surface area contributed by atoms with Gasteiger partial charge in [-0.3, -0.25) is 4.79 Å². The third kappa shape index (κ3) is 3.53. The summed E-state index contributed by atoms with van der Waals surface area (Å²) in [4.78, 5) is 13.1. The second-order valence-corrected chi connectivity index (χ2v) is 5.14. The van der Waals surface area contributed by atoms with E-state index in [1.165, 1.54) is 23.8 Å². The number of anilines is 1. The number of hydrogen-bond acceptors (Lipinski definition) is 1. The molecule has 1 aliphatic heterocycles. The summed E-state index contributed by atoms with van der Waals surface area (Å²) in [5.41, 5.74) is 0.271. The summed E-state index contributed by atoms with van der Waals surface area (Å²) in [6.07, 6.45) is 2.34. The van der Waals surface area contributed by atoms with Crippen LogP contribution < -0.4 is 10.2 Å². The largest absolute Gasteiger partial charge is 0.327 e. The summed E-state index contributed by atoms with van der Waals surface area (Å²) in [5, 5.41) is 2.63. The Morgan fingerprint density at radius 1 is 1.39 bits per heavy atom. The van der Waals surface area contributed by atoms with Crippen LogP contribution in [0.4, 0.5) is 10.1 Å². The van der Waals surface area contributed by atoms with E-state index in [0.717, 1.165) is 19.0 Å². The molecular formula is C14H20FN2O+. The standard InChI is InChI=1S/C14H19FN2O/c1-11-6-8-17(9-7-11)10-14(18)16-13-5-3-2-4-12(13)15/h2-5,11H,6-10H2,1H3,(H,16,18)/p+1. The fraction of sp³-hybridized carbons (Fsp3) is 0.500. The molecule has 4 heteroatoms.